The molecule has 8 nitrogen and oxygen atoms in total. The van der Waals surface area contributed by atoms with Gasteiger partial charge in [0.1, 0.15) is 0 Å². The molecule has 0 spiro atoms. The number of unbranched alkanes of at least 4 members (excludes halogenated alkanes) is 2. The van der Waals surface area contributed by atoms with E-state index < -0.39 is 23.8 Å². The zero-order valence-corrected chi connectivity index (χ0v) is 24.1. The molecule has 0 fully saturated rings. The van der Waals surface area contributed by atoms with Crippen LogP contribution in [0.3, 0.4) is 0 Å². The summed E-state index contributed by atoms with van der Waals surface area (Å²) in [7, 11) is 1.78. The lowest BCUT2D eigenvalue weighted by Crippen LogP contribution is -2.36. The highest BCUT2D eigenvalue weighted by atomic mass is 35.5. The van der Waals surface area contributed by atoms with Gasteiger partial charge in [-0.3, -0.25) is 0 Å². The number of carbonyl (C=O) groups excluding carboxylic acids is 3. The standard InChI is InChI=1S/C29H40N2O6.ClH/c1-7-10-13-16-37-27(32)19(4)17-21-14-11-12-15-22(21)25-24(28(33)35-8-2)20(5)31-23(18-30-6)26(25)29(34)36-9-3;/h11-12,14-15,17,25,30-31H,7-10,13,16,18H2,1-6H3;1H/b19-17+;. The van der Waals surface area contributed by atoms with E-state index in [0.29, 0.717) is 52.4 Å². The number of esters is 3. The number of hydrogen-bond donors (Lipinski definition) is 2. The average Bonchev–Trinajstić information content (AvgIpc) is 2.86. The Balaban J connectivity index is 0.00000722. The van der Waals surface area contributed by atoms with Gasteiger partial charge in [-0.1, -0.05) is 44.0 Å². The molecule has 0 saturated heterocycles. The van der Waals surface area contributed by atoms with E-state index in [1.807, 2.05) is 24.3 Å². The fourth-order valence-corrected chi connectivity index (χ4v) is 4.28. The number of likely N-dealkylation sites (N-methyl/N-ethyl adjacent to an activating group) is 1. The number of benzene rings is 1. The van der Waals surface area contributed by atoms with Crippen LogP contribution in [0.5, 0.6) is 0 Å². The highest BCUT2D eigenvalue weighted by molar-refractivity contribution is 6.00. The van der Waals surface area contributed by atoms with Gasteiger partial charge in [0.05, 0.1) is 36.9 Å². The Morgan fingerprint density at radius 1 is 0.974 bits per heavy atom. The molecule has 1 unspecified atom stereocenters. The van der Waals surface area contributed by atoms with Crippen molar-refractivity contribution >= 4 is 36.4 Å². The van der Waals surface area contributed by atoms with Crippen molar-refractivity contribution < 1.29 is 28.6 Å². The second-order valence-electron chi connectivity index (χ2n) is 8.76. The van der Waals surface area contributed by atoms with E-state index in [2.05, 4.69) is 17.6 Å². The maximum atomic E-state index is 13.3. The van der Waals surface area contributed by atoms with Gasteiger partial charge in [0.15, 0.2) is 0 Å². The topological polar surface area (TPSA) is 103 Å². The molecule has 1 aromatic carbocycles. The van der Waals surface area contributed by atoms with Crippen LogP contribution in [-0.4, -0.2) is 51.3 Å². The average molecular weight is 549 g/mol. The third kappa shape index (κ3) is 8.46. The van der Waals surface area contributed by atoms with Gasteiger partial charge in [0.25, 0.3) is 0 Å². The Morgan fingerprint density at radius 2 is 1.61 bits per heavy atom. The first-order valence-corrected chi connectivity index (χ1v) is 12.9. The molecule has 2 N–H and O–H groups in total. The maximum Gasteiger partial charge on any atom is 0.336 e. The van der Waals surface area contributed by atoms with Crippen LogP contribution in [-0.2, 0) is 28.6 Å². The van der Waals surface area contributed by atoms with E-state index in [9.17, 15) is 14.4 Å². The highest BCUT2D eigenvalue weighted by Gasteiger charge is 2.39. The van der Waals surface area contributed by atoms with Crippen LogP contribution in [0.1, 0.15) is 70.9 Å². The number of hydrogen-bond acceptors (Lipinski definition) is 8. The molecule has 9 heteroatoms. The predicted octanol–water partition coefficient (Wildman–Crippen LogP) is 4.81. The lowest BCUT2D eigenvalue weighted by Gasteiger charge is -2.32. The zero-order valence-electron chi connectivity index (χ0n) is 23.3. The van der Waals surface area contributed by atoms with Gasteiger partial charge < -0.3 is 24.8 Å². The van der Waals surface area contributed by atoms with E-state index in [-0.39, 0.29) is 25.6 Å². The van der Waals surface area contributed by atoms with E-state index >= 15 is 0 Å². The SMILES string of the molecule is CCCCCOC(=O)/C(C)=C/c1ccccc1C1C(C(=O)OCC)=C(C)NC(CNC)=C1C(=O)OCC.Cl. The molecule has 38 heavy (non-hydrogen) atoms. The summed E-state index contributed by atoms with van der Waals surface area (Å²) in [6.45, 7) is 10.1. The molecule has 1 aliphatic rings. The largest absolute Gasteiger partial charge is 0.463 e. The quantitative estimate of drug-likeness (QED) is 0.157. The molecule has 0 radical (unpaired) electrons. The first kappa shape index (κ1) is 32.9. The van der Waals surface area contributed by atoms with E-state index in [1.165, 1.54) is 0 Å². The number of dihydropyridines is 1. The van der Waals surface area contributed by atoms with Gasteiger partial charge in [-0.2, -0.15) is 0 Å². The number of allylic oxidation sites excluding steroid dienone is 1. The van der Waals surface area contributed by atoms with Crippen molar-refractivity contribution in [2.24, 2.45) is 0 Å². The van der Waals surface area contributed by atoms with Crippen molar-refractivity contribution in [3.05, 3.63) is 63.5 Å². The summed E-state index contributed by atoms with van der Waals surface area (Å²) in [5.41, 5.74) is 3.65. The van der Waals surface area contributed by atoms with Crippen LogP contribution >= 0.6 is 12.4 Å². The Morgan fingerprint density at radius 3 is 2.21 bits per heavy atom. The Labute approximate surface area is 232 Å². The van der Waals surface area contributed by atoms with Gasteiger partial charge in [-0.05, 0) is 58.4 Å². The van der Waals surface area contributed by atoms with Gasteiger partial charge >= 0.3 is 17.9 Å². The first-order valence-electron chi connectivity index (χ1n) is 12.9. The summed E-state index contributed by atoms with van der Waals surface area (Å²) in [5, 5.41) is 6.29. The van der Waals surface area contributed by atoms with Crippen LogP contribution in [0.2, 0.25) is 0 Å². The Hall–Kier alpha value is -3.10. The molecule has 0 aromatic heterocycles. The molecule has 0 amide bonds. The molecule has 0 saturated carbocycles. The van der Waals surface area contributed by atoms with E-state index in [0.717, 1.165) is 19.3 Å². The van der Waals surface area contributed by atoms with Crippen LogP contribution < -0.4 is 10.6 Å². The molecule has 1 aliphatic heterocycles. The second kappa shape index (κ2) is 16.7. The van der Waals surface area contributed by atoms with Gasteiger partial charge in [0, 0.05) is 23.5 Å². The molecule has 2 rings (SSSR count). The summed E-state index contributed by atoms with van der Waals surface area (Å²) >= 11 is 0. The Kier molecular flexibility index (Phi) is 14.5. The monoisotopic (exact) mass is 548 g/mol. The smallest absolute Gasteiger partial charge is 0.336 e. The van der Waals surface area contributed by atoms with E-state index in [4.69, 9.17) is 14.2 Å². The molecule has 1 atom stereocenters. The van der Waals surface area contributed by atoms with Crippen molar-refractivity contribution in [3.63, 3.8) is 0 Å². The third-order valence-corrected chi connectivity index (χ3v) is 5.97. The fourth-order valence-electron chi connectivity index (χ4n) is 4.28. The fraction of sp³-hybridized carbons (Fsp3) is 0.483. The minimum atomic E-state index is -0.761. The molecular weight excluding hydrogens is 508 g/mol. The number of ether oxygens (including phenoxy) is 3. The van der Waals surface area contributed by atoms with Crippen LogP contribution in [0.25, 0.3) is 6.08 Å². The highest BCUT2D eigenvalue weighted by Crippen LogP contribution is 2.41. The molecule has 0 bridgehead atoms. The summed E-state index contributed by atoms with van der Waals surface area (Å²) < 4.78 is 16.2. The molecule has 0 aliphatic carbocycles. The first-order chi connectivity index (χ1) is 17.8. The molecule has 1 heterocycles. The minimum absolute atomic E-state index is 0. The summed E-state index contributed by atoms with van der Waals surface area (Å²) in [5.74, 6) is -2.20. The summed E-state index contributed by atoms with van der Waals surface area (Å²) in [6, 6.07) is 7.39. The van der Waals surface area contributed by atoms with Crippen LogP contribution in [0.15, 0.2) is 52.4 Å². The number of nitrogens with one attached hydrogen (secondary N) is 2. The van der Waals surface area contributed by atoms with Crippen molar-refractivity contribution in [1.82, 2.24) is 10.6 Å². The molecule has 210 valence electrons. The lowest BCUT2D eigenvalue weighted by molar-refractivity contribution is -0.140. The van der Waals surface area contributed by atoms with Crippen LogP contribution in [0.4, 0.5) is 0 Å². The van der Waals surface area contributed by atoms with Gasteiger partial charge in [-0.15, -0.1) is 12.4 Å². The van der Waals surface area contributed by atoms with Crippen LogP contribution in [0, 0.1) is 0 Å². The third-order valence-electron chi connectivity index (χ3n) is 5.97. The number of carbonyl (C=O) groups is 3. The van der Waals surface area contributed by atoms with E-state index in [1.54, 1.807) is 40.8 Å². The maximum absolute atomic E-state index is 13.3. The van der Waals surface area contributed by atoms with Gasteiger partial charge in [-0.25, -0.2) is 14.4 Å². The van der Waals surface area contributed by atoms with Crippen molar-refractivity contribution in [3.8, 4) is 0 Å². The van der Waals surface area contributed by atoms with Crippen molar-refractivity contribution in [2.75, 3.05) is 33.4 Å². The number of halogens is 1. The van der Waals surface area contributed by atoms with Crippen molar-refractivity contribution in [2.45, 2.75) is 59.8 Å². The number of rotatable bonds is 13. The second-order valence-corrected chi connectivity index (χ2v) is 8.76. The molecule has 1 aromatic rings. The molecular formula is C29H41ClN2O6. The van der Waals surface area contributed by atoms with Crippen molar-refractivity contribution in [1.29, 1.82) is 0 Å². The van der Waals surface area contributed by atoms with Gasteiger partial charge in [0.2, 0.25) is 0 Å². The Bertz CT molecular complexity index is 1080. The predicted molar refractivity (Wildman–Crippen MR) is 151 cm³/mol. The minimum Gasteiger partial charge on any atom is -0.463 e. The summed E-state index contributed by atoms with van der Waals surface area (Å²) in [6.07, 6.45) is 4.58. The zero-order chi connectivity index (χ0) is 27.4. The normalized spacial score (nSPS) is 15.4. The lowest BCUT2D eigenvalue weighted by atomic mass is 9.78. The summed E-state index contributed by atoms with van der Waals surface area (Å²) in [4.78, 5) is 39.1.